The number of hydrogen-bond acceptors (Lipinski definition) is 4. The van der Waals surface area contributed by atoms with Crippen LogP contribution in [-0.4, -0.2) is 44.3 Å². The molecule has 5 rings (SSSR count). The molecule has 3 aliphatic heterocycles. The SMILES string of the molecule is O=C(OCc1cc(C(F)(F)F)cc(C(F)(F)F)c1)N1CCCn2nc(CN3C4CCCC3CC4)cc2C1. The lowest BCUT2D eigenvalue weighted by Gasteiger charge is -2.34. The van der Waals surface area contributed by atoms with Gasteiger partial charge in [0.25, 0.3) is 0 Å². The fourth-order valence-corrected chi connectivity index (χ4v) is 5.76. The first-order valence-corrected chi connectivity index (χ1v) is 12.5. The second kappa shape index (κ2) is 9.85. The molecule has 2 bridgehead atoms. The number of nitrogens with zero attached hydrogens (tertiary/aromatic N) is 4. The zero-order valence-corrected chi connectivity index (χ0v) is 20.1. The van der Waals surface area contributed by atoms with Crippen molar-refractivity contribution in [3.63, 3.8) is 0 Å². The summed E-state index contributed by atoms with van der Waals surface area (Å²) < 4.78 is 85.7. The van der Waals surface area contributed by atoms with E-state index in [1.807, 2.05) is 10.7 Å². The number of aromatic nitrogens is 2. The number of amides is 1. The minimum atomic E-state index is -4.96. The van der Waals surface area contributed by atoms with Gasteiger partial charge >= 0.3 is 18.4 Å². The predicted octanol–water partition coefficient (Wildman–Crippen LogP) is 5.98. The van der Waals surface area contributed by atoms with Crippen LogP contribution in [0.5, 0.6) is 0 Å². The second-order valence-electron chi connectivity index (χ2n) is 10.1. The van der Waals surface area contributed by atoms with Gasteiger partial charge in [-0.2, -0.15) is 31.4 Å². The molecule has 0 N–H and O–H groups in total. The van der Waals surface area contributed by atoms with E-state index in [2.05, 4.69) is 4.90 Å². The first-order chi connectivity index (χ1) is 17.5. The van der Waals surface area contributed by atoms with Gasteiger partial charge in [-0.05, 0) is 61.9 Å². The molecule has 2 aromatic rings. The van der Waals surface area contributed by atoms with E-state index in [1.165, 1.54) is 37.0 Å². The summed E-state index contributed by atoms with van der Waals surface area (Å²) in [5.74, 6) is 0. The van der Waals surface area contributed by atoms with Crippen LogP contribution >= 0.6 is 0 Å². The molecule has 12 heteroatoms. The Bertz CT molecular complexity index is 1100. The lowest BCUT2D eigenvalue weighted by molar-refractivity contribution is -0.143. The monoisotopic (exact) mass is 530 g/mol. The Balaban J connectivity index is 1.24. The largest absolute Gasteiger partial charge is 0.445 e. The fraction of sp³-hybridized carbons (Fsp3) is 0.600. The summed E-state index contributed by atoms with van der Waals surface area (Å²) in [4.78, 5) is 16.7. The smallest absolute Gasteiger partial charge is 0.416 e. The Morgan fingerprint density at radius 2 is 1.54 bits per heavy atom. The summed E-state index contributed by atoms with van der Waals surface area (Å²) in [7, 11) is 0. The highest BCUT2D eigenvalue weighted by Gasteiger charge is 2.38. The highest BCUT2D eigenvalue weighted by atomic mass is 19.4. The van der Waals surface area contributed by atoms with Crippen LogP contribution in [0, 0.1) is 0 Å². The molecular formula is C25H28F6N4O2. The molecule has 0 radical (unpaired) electrons. The van der Waals surface area contributed by atoms with Crippen LogP contribution in [0.15, 0.2) is 24.3 Å². The molecule has 2 atom stereocenters. The first-order valence-electron chi connectivity index (χ1n) is 12.5. The second-order valence-corrected chi connectivity index (χ2v) is 10.1. The minimum absolute atomic E-state index is 0.0498. The summed E-state index contributed by atoms with van der Waals surface area (Å²) in [6.07, 6.45) is -4.01. The summed E-state index contributed by atoms with van der Waals surface area (Å²) in [6.45, 7) is 1.20. The number of aryl methyl sites for hydroxylation is 1. The molecule has 202 valence electrons. The Morgan fingerprint density at radius 3 is 2.16 bits per heavy atom. The van der Waals surface area contributed by atoms with Crippen molar-refractivity contribution in [2.75, 3.05) is 6.54 Å². The summed E-state index contributed by atoms with van der Waals surface area (Å²) in [5.41, 5.74) is -1.50. The van der Waals surface area contributed by atoms with Crippen LogP contribution in [0.25, 0.3) is 0 Å². The van der Waals surface area contributed by atoms with E-state index in [1.54, 1.807) is 0 Å². The highest BCUT2D eigenvalue weighted by Crippen LogP contribution is 2.37. The molecular weight excluding hydrogens is 502 g/mol. The van der Waals surface area contributed by atoms with E-state index in [4.69, 9.17) is 9.84 Å². The van der Waals surface area contributed by atoms with Gasteiger partial charge in [-0.15, -0.1) is 0 Å². The maximum Gasteiger partial charge on any atom is 0.416 e. The van der Waals surface area contributed by atoms with Crippen molar-refractivity contribution in [2.45, 2.75) is 89.2 Å². The van der Waals surface area contributed by atoms with Crippen molar-refractivity contribution >= 4 is 6.09 Å². The zero-order chi connectivity index (χ0) is 26.4. The van der Waals surface area contributed by atoms with Crippen molar-refractivity contribution in [1.82, 2.24) is 19.6 Å². The van der Waals surface area contributed by atoms with E-state index < -0.39 is 36.2 Å². The van der Waals surface area contributed by atoms with Crippen LogP contribution < -0.4 is 0 Å². The lowest BCUT2D eigenvalue weighted by atomic mass is 10.0. The van der Waals surface area contributed by atoms with Crippen molar-refractivity contribution in [3.05, 3.63) is 52.3 Å². The molecule has 2 fully saturated rings. The quantitative estimate of drug-likeness (QED) is 0.457. The molecule has 6 nitrogen and oxygen atoms in total. The molecule has 1 amide bonds. The fourth-order valence-electron chi connectivity index (χ4n) is 5.76. The van der Waals surface area contributed by atoms with Gasteiger partial charge < -0.3 is 9.64 Å². The van der Waals surface area contributed by atoms with Gasteiger partial charge in [0, 0.05) is 31.7 Å². The molecule has 2 unspecified atom stereocenters. The summed E-state index contributed by atoms with van der Waals surface area (Å²) in [6, 6.07) is 4.36. The van der Waals surface area contributed by atoms with Crippen LogP contribution in [0.1, 0.15) is 66.6 Å². The topological polar surface area (TPSA) is 50.6 Å². The average molecular weight is 531 g/mol. The molecule has 1 aromatic carbocycles. The summed E-state index contributed by atoms with van der Waals surface area (Å²) in [5, 5.41) is 4.74. The Hall–Kier alpha value is -2.76. The number of carbonyl (C=O) groups is 1. The molecule has 1 aromatic heterocycles. The van der Waals surface area contributed by atoms with Gasteiger partial charge in [0.15, 0.2) is 0 Å². The van der Waals surface area contributed by atoms with Crippen LogP contribution in [-0.2, 0) is 43.3 Å². The molecule has 3 aliphatic rings. The zero-order valence-electron chi connectivity index (χ0n) is 20.1. The van der Waals surface area contributed by atoms with Crippen molar-refractivity contribution in [3.8, 4) is 0 Å². The third kappa shape index (κ3) is 5.73. The number of carbonyl (C=O) groups excluding carboxylic acids is 1. The number of hydrogen-bond donors (Lipinski definition) is 0. The third-order valence-corrected chi connectivity index (χ3v) is 7.52. The van der Waals surface area contributed by atoms with Crippen LogP contribution in [0.2, 0.25) is 0 Å². The van der Waals surface area contributed by atoms with E-state index in [0.717, 1.165) is 17.9 Å². The molecule has 4 heterocycles. The van der Waals surface area contributed by atoms with Crippen molar-refractivity contribution in [1.29, 1.82) is 0 Å². The van der Waals surface area contributed by atoms with Crippen molar-refractivity contribution in [2.24, 2.45) is 0 Å². The molecule has 0 spiro atoms. The number of fused-ring (bicyclic) bond motifs is 3. The number of alkyl halides is 6. The van der Waals surface area contributed by atoms with Gasteiger partial charge in [-0.25, -0.2) is 4.79 Å². The maximum absolute atomic E-state index is 13.1. The first kappa shape index (κ1) is 25.9. The van der Waals surface area contributed by atoms with Crippen LogP contribution in [0.4, 0.5) is 31.1 Å². The van der Waals surface area contributed by atoms with Gasteiger partial charge in [0.1, 0.15) is 6.61 Å². The van der Waals surface area contributed by atoms with Gasteiger partial charge in [-0.1, -0.05) is 6.42 Å². The van der Waals surface area contributed by atoms with E-state index in [-0.39, 0.29) is 18.2 Å². The normalized spacial score (nSPS) is 22.6. The molecule has 2 saturated heterocycles. The third-order valence-electron chi connectivity index (χ3n) is 7.52. The van der Waals surface area contributed by atoms with Gasteiger partial charge in [0.2, 0.25) is 0 Å². The molecule has 0 aliphatic carbocycles. The van der Waals surface area contributed by atoms with E-state index in [0.29, 0.717) is 43.7 Å². The number of benzene rings is 1. The van der Waals surface area contributed by atoms with Crippen LogP contribution in [0.3, 0.4) is 0 Å². The minimum Gasteiger partial charge on any atom is -0.445 e. The van der Waals surface area contributed by atoms with E-state index in [9.17, 15) is 31.1 Å². The molecule has 0 saturated carbocycles. The number of halogens is 6. The standard InChI is InChI=1S/C25H28F6N4O2/c26-24(27,28)17-9-16(10-18(11-17)25(29,30)31)15-37-23(36)33-7-2-8-35-22(14-33)12-19(32-35)13-34-20-3-1-4-21(34)6-5-20/h9-12,20-21H,1-8,13-15H2. The number of ether oxygens (including phenoxy) is 1. The van der Waals surface area contributed by atoms with Gasteiger partial charge in [0.05, 0.1) is 29.1 Å². The highest BCUT2D eigenvalue weighted by molar-refractivity contribution is 5.67. The lowest BCUT2D eigenvalue weighted by Crippen LogP contribution is -2.39. The Labute approximate surface area is 210 Å². The number of rotatable bonds is 4. The van der Waals surface area contributed by atoms with E-state index >= 15 is 0 Å². The molecule has 37 heavy (non-hydrogen) atoms. The summed E-state index contributed by atoms with van der Waals surface area (Å²) >= 11 is 0. The maximum atomic E-state index is 13.1. The Morgan fingerprint density at radius 1 is 0.892 bits per heavy atom. The number of piperidine rings is 1. The van der Waals surface area contributed by atoms with Gasteiger partial charge in [-0.3, -0.25) is 9.58 Å². The van der Waals surface area contributed by atoms with Crippen molar-refractivity contribution < 1.29 is 35.9 Å². The average Bonchev–Trinajstić information content (AvgIpc) is 3.20. The Kier molecular flexibility index (Phi) is 6.88. The predicted molar refractivity (Wildman–Crippen MR) is 120 cm³/mol.